The van der Waals surface area contributed by atoms with Gasteiger partial charge in [0.25, 0.3) is 0 Å². The van der Waals surface area contributed by atoms with E-state index < -0.39 is 0 Å². The highest BCUT2D eigenvalue weighted by Crippen LogP contribution is 2.31. The van der Waals surface area contributed by atoms with Crippen LogP contribution in [0.4, 0.5) is 0 Å². The van der Waals surface area contributed by atoms with Crippen LogP contribution in [0, 0.1) is 12.8 Å². The number of nitrogens with zero attached hydrogens (tertiary/aromatic N) is 2. The predicted octanol–water partition coefficient (Wildman–Crippen LogP) is 3.43. The van der Waals surface area contributed by atoms with E-state index in [0.29, 0.717) is 12.0 Å². The first-order valence-corrected chi connectivity index (χ1v) is 7.41. The van der Waals surface area contributed by atoms with Crippen LogP contribution in [0.2, 0.25) is 0 Å². The Morgan fingerprint density at radius 1 is 1.42 bits per heavy atom. The van der Waals surface area contributed by atoms with E-state index in [9.17, 15) is 0 Å². The fourth-order valence-electron chi connectivity index (χ4n) is 3.13. The third kappa shape index (κ3) is 2.16. The first kappa shape index (κ1) is 12.7. The van der Waals surface area contributed by atoms with Crippen LogP contribution in [-0.2, 0) is 6.54 Å². The zero-order valence-corrected chi connectivity index (χ0v) is 12.1. The molecular formula is C16H23N3. The number of fused-ring (bicyclic) bond motifs is 1. The Morgan fingerprint density at radius 3 is 2.95 bits per heavy atom. The Balaban J connectivity index is 2.13. The number of benzene rings is 1. The summed E-state index contributed by atoms with van der Waals surface area (Å²) in [6.45, 7) is 8.86. The van der Waals surface area contributed by atoms with Crippen molar-refractivity contribution < 1.29 is 0 Å². The molecule has 1 saturated heterocycles. The van der Waals surface area contributed by atoms with Crippen molar-refractivity contribution in [3.63, 3.8) is 0 Å². The SMILES string of the molecule is CCCn1c(C2NCCC2C)nc2cc(C)ccc21. The molecule has 19 heavy (non-hydrogen) atoms. The van der Waals surface area contributed by atoms with Gasteiger partial charge >= 0.3 is 0 Å². The molecular weight excluding hydrogens is 234 g/mol. The number of rotatable bonds is 3. The molecule has 0 bridgehead atoms. The average Bonchev–Trinajstić information content (AvgIpc) is 2.94. The molecule has 1 N–H and O–H groups in total. The maximum absolute atomic E-state index is 4.92. The van der Waals surface area contributed by atoms with Crippen LogP contribution >= 0.6 is 0 Å². The van der Waals surface area contributed by atoms with Gasteiger partial charge in [-0.2, -0.15) is 0 Å². The van der Waals surface area contributed by atoms with Gasteiger partial charge in [0.1, 0.15) is 5.82 Å². The lowest BCUT2D eigenvalue weighted by Gasteiger charge is -2.17. The fourth-order valence-corrected chi connectivity index (χ4v) is 3.13. The van der Waals surface area contributed by atoms with Crippen molar-refractivity contribution in [3.05, 3.63) is 29.6 Å². The van der Waals surface area contributed by atoms with Crippen LogP contribution in [-0.4, -0.2) is 16.1 Å². The summed E-state index contributed by atoms with van der Waals surface area (Å²) in [6.07, 6.45) is 2.40. The third-order valence-corrected chi connectivity index (χ3v) is 4.19. The van der Waals surface area contributed by atoms with Crippen molar-refractivity contribution in [2.24, 2.45) is 5.92 Å². The minimum Gasteiger partial charge on any atom is -0.327 e. The Labute approximate surface area is 115 Å². The summed E-state index contributed by atoms with van der Waals surface area (Å²) in [5, 5.41) is 3.61. The molecule has 2 unspecified atom stereocenters. The van der Waals surface area contributed by atoms with E-state index in [1.54, 1.807) is 0 Å². The number of imidazole rings is 1. The maximum Gasteiger partial charge on any atom is 0.127 e. The van der Waals surface area contributed by atoms with Gasteiger partial charge in [0.05, 0.1) is 17.1 Å². The Hall–Kier alpha value is -1.35. The molecule has 1 aliphatic rings. The highest BCUT2D eigenvalue weighted by atomic mass is 15.1. The molecule has 2 atom stereocenters. The van der Waals surface area contributed by atoms with Crippen molar-refractivity contribution in [2.45, 2.75) is 46.2 Å². The van der Waals surface area contributed by atoms with E-state index in [4.69, 9.17) is 4.98 Å². The number of nitrogens with one attached hydrogen (secondary N) is 1. The second kappa shape index (κ2) is 4.97. The van der Waals surface area contributed by atoms with Gasteiger partial charge in [0, 0.05) is 6.54 Å². The van der Waals surface area contributed by atoms with E-state index in [1.807, 2.05) is 0 Å². The quantitative estimate of drug-likeness (QED) is 0.913. The van der Waals surface area contributed by atoms with Gasteiger partial charge in [0.2, 0.25) is 0 Å². The van der Waals surface area contributed by atoms with Crippen molar-refractivity contribution in [3.8, 4) is 0 Å². The molecule has 0 aliphatic carbocycles. The molecule has 2 heterocycles. The van der Waals surface area contributed by atoms with E-state index in [1.165, 1.54) is 23.3 Å². The topological polar surface area (TPSA) is 29.9 Å². The minimum absolute atomic E-state index is 0.416. The largest absolute Gasteiger partial charge is 0.327 e. The van der Waals surface area contributed by atoms with Crippen LogP contribution in [0.15, 0.2) is 18.2 Å². The summed E-state index contributed by atoms with van der Waals surface area (Å²) in [5.74, 6) is 1.90. The van der Waals surface area contributed by atoms with E-state index in [2.05, 4.69) is 48.9 Å². The van der Waals surface area contributed by atoms with Crippen LogP contribution in [0.1, 0.15) is 44.1 Å². The third-order valence-electron chi connectivity index (χ3n) is 4.19. The zero-order valence-electron chi connectivity index (χ0n) is 12.1. The molecule has 3 nitrogen and oxygen atoms in total. The first-order chi connectivity index (χ1) is 9.20. The molecule has 0 radical (unpaired) electrons. The van der Waals surface area contributed by atoms with Gasteiger partial charge < -0.3 is 9.88 Å². The Bertz CT molecular complexity index is 585. The molecule has 0 saturated carbocycles. The summed E-state index contributed by atoms with van der Waals surface area (Å²) < 4.78 is 2.41. The van der Waals surface area contributed by atoms with E-state index in [0.717, 1.165) is 25.0 Å². The lowest BCUT2D eigenvalue weighted by molar-refractivity contribution is 0.457. The molecule has 102 valence electrons. The average molecular weight is 257 g/mol. The van der Waals surface area contributed by atoms with Crippen LogP contribution in [0.3, 0.4) is 0 Å². The smallest absolute Gasteiger partial charge is 0.127 e. The Kier molecular flexibility index (Phi) is 3.31. The molecule has 1 fully saturated rings. The lowest BCUT2D eigenvalue weighted by atomic mass is 10.0. The van der Waals surface area contributed by atoms with Crippen molar-refractivity contribution in [1.29, 1.82) is 0 Å². The van der Waals surface area contributed by atoms with Crippen molar-refractivity contribution >= 4 is 11.0 Å². The minimum atomic E-state index is 0.416. The molecule has 2 aromatic rings. The molecule has 3 heteroatoms. The number of hydrogen-bond acceptors (Lipinski definition) is 2. The molecule has 1 aliphatic heterocycles. The highest BCUT2D eigenvalue weighted by Gasteiger charge is 2.29. The van der Waals surface area contributed by atoms with Gasteiger partial charge in [-0.3, -0.25) is 0 Å². The normalized spacial score (nSPS) is 23.3. The summed E-state index contributed by atoms with van der Waals surface area (Å²) >= 11 is 0. The molecule has 0 spiro atoms. The van der Waals surface area contributed by atoms with Crippen LogP contribution in [0.25, 0.3) is 11.0 Å². The second-order valence-corrected chi connectivity index (χ2v) is 5.81. The first-order valence-electron chi connectivity index (χ1n) is 7.41. The van der Waals surface area contributed by atoms with Gasteiger partial charge in [-0.05, 0) is 49.9 Å². The Morgan fingerprint density at radius 2 is 2.26 bits per heavy atom. The van der Waals surface area contributed by atoms with Crippen molar-refractivity contribution in [1.82, 2.24) is 14.9 Å². The maximum atomic E-state index is 4.92. The second-order valence-electron chi connectivity index (χ2n) is 5.81. The van der Waals surface area contributed by atoms with Gasteiger partial charge in [-0.25, -0.2) is 4.98 Å². The summed E-state index contributed by atoms with van der Waals surface area (Å²) in [4.78, 5) is 4.92. The van der Waals surface area contributed by atoms with Crippen molar-refractivity contribution in [2.75, 3.05) is 6.54 Å². The van der Waals surface area contributed by atoms with Gasteiger partial charge in [0.15, 0.2) is 0 Å². The highest BCUT2D eigenvalue weighted by molar-refractivity contribution is 5.77. The molecule has 1 aromatic carbocycles. The fraction of sp³-hybridized carbons (Fsp3) is 0.562. The summed E-state index contributed by atoms with van der Waals surface area (Å²) in [5.41, 5.74) is 3.71. The summed E-state index contributed by atoms with van der Waals surface area (Å²) in [6, 6.07) is 7.02. The number of aryl methyl sites for hydroxylation is 2. The van der Waals surface area contributed by atoms with Crippen LogP contribution < -0.4 is 5.32 Å². The summed E-state index contributed by atoms with van der Waals surface area (Å²) in [7, 11) is 0. The molecule has 1 aromatic heterocycles. The van der Waals surface area contributed by atoms with E-state index >= 15 is 0 Å². The van der Waals surface area contributed by atoms with Gasteiger partial charge in [-0.1, -0.05) is 19.9 Å². The monoisotopic (exact) mass is 257 g/mol. The predicted molar refractivity (Wildman–Crippen MR) is 79.3 cm³/mol. The van der Waals surface area contributed by atoms with Crippen LogP contribution in [0.5, 0.6) is 0 Å². The molecule has 3 rings (SSSR count). The molecule has 0 amide bonds. The zero-order chi connectivity index (χ0) is 13.4. The lowest BCUT2D eigenvalue weighted by Crippen LogP contribution is -2.21. The van der Waals surface area contributed by atoms with Gasteiger partial charge in [-0.15, -0.1) is 0 Å². The van der Waals surface area contributed by atoms with E-state index in [-0.39, 0.29) is 0 Å². The number of hydrogen-bond donors (Lipinski definition) is 1. The standard InChI is InChI=1S/C16H23N3/c1-4-9-19-14-6-5-11(2)10-13(14)18-16(19)15-12(3)7-8-17-15/h5-6,10,12,15,17H,4,7-9H2,1-3H3. The number of aromatic nitrogens is 2.